The topological polar surface area (TPSA) is 66.1 Å². The van der Waals surface area contributed by atoms with E-state index in [-0.39, 0.29) is 5.03 Å². The third kappa shape index (κ3) is 3.42. The molecule has 0 bridgehead atoms. The summed E-state index contributed by atoms with van der Waals surface area (Å²) in [6.07, 6.45) is 3.09. The first-order valence-electron chi connectivity index (χ1n) is 6.10. The molecule has 0 aliphatic rings. The SMILES string of the molecule is CN(CCCc1ccccc1)S(=O)(=O)c1ccn[nH]1. The first-order chi connectivity index (χ1) is 9.10. The predicted octanol–water partition coefficient (Wildman–Crippen LogP) is 1.66. The molecular formula is C13H17N3O2S. The van der Waals surface area contributed by atoms with Gasteiger partial charge < -0.3 is 0 Å². The molecule has 0 atom stereocenters. The van der Waals surface area contributed by atoms with Gasteiger partial charge in [-0.15, -0.1) is 0 Å². The lowest BCUT2D eigenvalue weighted by Gasteiger charge is -2.15. The molecule has 0 saturated heterocycles. The van der Waals surface area contributed by atoms with Gasteiger partial charge in [-0.05, 0) is 24.5 Å². The summed E-state index contributed by atoms with van der Waals surface area (Å²) in [4.78, 5) is 0. The molecule has 2 rings (SSSR count). The minimum Gasteiger partial charge on any atom is -0.266 e. The van der Waals surface area contributed by atoms with Crippen molar-refractivity contribution >= 4 is 10.0 Å². The Morgan fingerprint density at radius 1 is 1.21 bits per heavy atom. The van der Waals surface area contributed by atoms with Gasteiger partial charge in [-0.1, -0.05) is 30.3 Å². The first kappa shape index (κ1) is 13.8. The minimum atomic E-state index is -3.43. The number of H-pyrrole nitrogens is 1. The van der Waals surface area contributed by atoms with E-state index in [1.165, 1.54) is 22.1 Å². The lowest BCUT2D eigenvalue weighted by Crippen LogP contribution is -2.28. The van der Waals surface area contributed by atoms with Gasteiger partial charge in [0.15, 0.2) is 5.03 Å². The Kier molecular flexibility index (Phi) is 4.34. The molecule has 19 heavy (non-hydrogen) atoms. The van der Waals surface area contributed by atoms with Gasteiger partial charge in [-0.25, -0.2) is 8.42 Å². The van der Waals surface area contributed by atoms with E-state index in [0.29, 0.717) is 6.54 Å². The molecule has 0 saturated carbocycles. The fourth-order valence-electron chi connectivity index (χ4n) is 1.83. The molecule has 0 spiro atoms. The molecule has 1 N–H and O–H groups in total. The molecular weight excluding hydrogens is 262 g/mol. The van der Waals surface area contributed by atoms with Crippen molar-refractivity contribution in [1.82, 2.24) is 14.5 Å². The molecule has 1 heterocycles. The summed E-state index contributed by atoms with van der Waals surface area (Å²) in [5, 5.41) is 6.29. The molecule has 0 amide bonds. The fourth-order valence-corrected chi connectivity index (χ4v) is 2.93. The van der Waals surface area contributed by atoms with Gasteiger partial charge in [-0.2, -0.15) is 9.40 Å². The number of hydrogen-bond donors (Lipinski definition) is 1. The lowest BCUT2D eigenvalue weighted by atomic mass is 10.1. The first-order valence-corrected chi connectivity index (χ1v) is 7.54. The lowest BCUT2D eigenvalue weighted by molar-refractivity contribution is 0.458. The van der Waals surface area contributed by atoms with Crippen molar-refractivity contribution in [2.75, 3.05) is 13.6 Å². The molecule has 0 fully saturated rings. The summed E-state index contributed by atoms with van der Waals surface area (Å²) in [7, 11) is -1.85. The van der Waals surface area contributed by atoms with Crippen LogP contribution < -0.4 is 0 Å². The second-order valence-corrected chi connectivity index (χ2v) is 6.35. The van der Waals surface area contributed by atoms with Crippen LogP contribution in [0, 0.1) is 0 Å². The van der Waals surface area contributed by atoms with Gasteiger partial charge in [-0.3, -0.25) is 5.10 Å². The molecule has 1 aromatic heterocycles. The van der Waals surface area contributed by atoms with Gasteiger partial charge in [0, 0.05) is 13.6 Å². The van der Waals surface area contributed by atoms with Crippen LogP contribution in [0.3, 0.4) is 0 Å². The summed E-state index contributed by atoms with van der Waals surface area (Å²) in [5.74, 6) is 0. The molecule has 0 unspecified atom stereocenters. The Morgan fingerprint density at radius 3 is 2.58 bits per heavy atom. The number of aromatic amines is 1. The van der Waals surface area contributed by atoms with Crippen molar-refractivity contribution in [2.24, 2.45) is 0 Å². The Balaban J connectivity index is 1.90. The van der Waals surface area contributed by atoms with Crippen LogP contribution in [0.2, 0.25) is 0 Å². The normalized spacial score (nSPS) is 11.9. The average molecular weight is 279 g/mol. The quantitative estimate of drug-likeness (QED) is 0.874. The van der Waals surface area contributed by atoms with Crippen molar-refractivity contribution in [1.29, 1.82) is 0 Å². The second kappa shape index (κ2) is 5.99. The van der Waals surface area contributed by atoms with Gasteiger partial charge in [0.05, 0.1) is 6.20 Å². The molecule has 1 aromatic carbocycles. The summed E-state index contributed by atoms with van der Waals surface area (Å²) in [6, 6.07) is 11.5. The molecule has 2 aromatic rings. The van der Waals surface area contributed by atoms with Gasteiger partial charge in [0.25, 0.3) is 10.0 Å². The highest BCUT2D eigenvalue weighted by Crippen LogP contribution is 2.11. The van der Waals surface area contributed by atoms with E-state index < -0.39 is 10.0 Å². The minimum absolute atomic E-state index is 0.134. The molecule has 0 aliphatic heterocycles. The van der Waals surface area contributed by atoms with Crippen LogP contribution in [-0.4, -0.2) is 36.5 Å². The van der Waals surface area contributed by atoms with E-state index in [0.717, 1.165) is 12.8 Å². The Labute approximate surface area is 113 Å². The number of nitrogens with zero attached hydrogens (tertiary/aromatic N) is 2. The van der Waals surface area contributed by atoms with Crippen molar-refractivity contribution < 1.29 is 8.42 Å². The molecule has 6 heteroatoms. The van der Waals surface area contributed by atoms with Crippen LogP contribution in [0.4, 0.5) is 0 Å². The number of sulfonamides is 1. The zero-order valence-corrected chi connectivity index (χ0v) is 11.6. The largest absolute Gasteiger partial charge is 0.266 e. The maximum absolute atomic E-state index is 12.1. The summed E-state index contributed by atoms with van der Waals surface area (Å²) in [6.45, 7) is 0.482. The van der Waals surface area contributed by atoms with Crippen LogP contribution in [0.15, 0.2) is 47.6 Å². The van der Waals surface area contributed by atoms with Crippen molar-refractivity contribution in [3.05, 3.63) is 48.2 Å². The van der Waals surface area contributed by atoms with Gasteiger partial charge in [0.1, 0.15) is 0 Å². The average Bonchev–Trinajstić information content (AvgIpc) is 2.94. The van der Waals surface area contributed by atoms with Crippen LogP contribution in [0.1, 0.15) is 12.0 Å². The summed E-state index contributed by atoms with van der Waals surface area (Å²) < 4.78 is 25.5. The monoisotopic (exact) mass is 279 g/mol. The molecule has 0 radical (unpaired) electrons. The van der Waals surface area contributed by atoms with E-state index in [4.69, 9.17) is 0 Å². The zero-order valence-electron chi connectivity index (χ0n) is 10.8. The number of nitrogens with one attached hydrogen (secondary N) is 1. The standard InChI is InChI=1S/C13H17N3O2S/c1-16(19(17,18)13-9-10-14-15-13)11-5-8-12-6-3-2-4-7-12/h2-4,6-7,9-10H,5,8,11H2,1H3,(H,14,15). The molecule has 0 aliphatic carbocycles. The number of rotatable bonds is 6. The number of benzene rings is 1. The second-order valence-electron chi connectivity index (χ2n) is 4.34. The highest BCUT2D eigenvalue weighted by atomic mass is 32.2. The van der Waals surface area contributed by atoms with Crippen molar-refractivity contribution in [3.8, 4) is 0 Å². The van der Waals surface area contributed by atoms with E-state index in [1.54, 1.807) is 7.05 Å². The van der Waals surface area contributed by atoms with Crippen molar-refractivity contribution in [2.45, 2.75) is 17.9 Å². The Morgan fingerprint density at radius 2 is 1.95 bits per heavy atom. The smallest absolute Gasteiger partial charge is 0.259 e. The third-order valence-electron chi connectivity index (χ3n) is 2.94. The van der Waals surface area contributed by atoms with E-state index >= 15 is 0 Å². The van der Waals surface area contributed by atoms with Crippen LogP contribution in [0.5, 0.6) is 0 Å². The highest BCUT2D eigenvalue weighted by Gasteiger charge is 2.21. The van der Waals surface area contributed by atoms with Crippen LogP contribution in [0.25, 0.3) is 0 Å². The third-order valence-corrected chi connectivity index (χ3v) is 4.73. The number of hydrogen-bond acceptors (Lipinski definition) is 3. The summed E-state index contributed by atoms with van der Waals surface area (Å²) >= 11 is 0. The number of aryl methyl sites for hydroxylation is 1. The van der Waals surface area contributed by atoms with Crippen LogP contribution >= 0.6 is 0 Å². The van der Waals surface area contributed by atoms with E-state index in [1.807, 2.05) is 30.3 Å². The maximum atomic E-state index is 12.1. The molecule has 102 valence electrons. The van der Waals surface area contributed by atoms with E-state index in [9.17, 15) is 8.42 Å². The number of aromatic nitrogens is 2. The van der Waals surface area contributed by atoms with Gasteiger partial charge >= 0.3 is 0 Å². The highest BCUT2D eigenvalue weighted by molar-refractivity contribution is 7.89. The molecule has 5 nitrogen and oxygen atoms in total. The fraction of sp³-hybridized carbons (Fsp3) is 0.308. The maximum Gasteiger partial charge on any atom is 0.259 e. The summed E-state index contributed by atoms with van der Waals surface area (Å²) in [5.41, 5.74) is 1.22. The van der Waals surface area contributed by atoms with E-state index in [2.05, 4.69) is 10.2 Å². The Hall–Kier alpha value is -1.66. The zero-order chi connectivity index (χ0) is 13.7. The van der Waals surface area contributed by atoms with Crippen molar-refractivity contribution in [3.63, 3.8) is 0 Å². The predicted molar refractivity (Wildman–Crippen MR) is 73.2 cm³/mol. The van der Waals surface area contributed by atoms with Crippen LogP contribution in [-0.2, 0) is 16.4 Å². The van der Waals surface area contributed by atoms with Gasteiger partial charge in [0.2, 0.25) is 0 Å². The Bertz CT molecular complexity index is 594.